The molecule has 0 spiro atoms. The van der Waals surface area contributed by atoms with Gasteiger partial charge in [-0.15, -0.1) is 18.7 Å². The number of rotatable bonds is 1. The maximum absolute atomic E-state index is 3.60. The molecule has 0 unspecified atom stereocenters. The van der Waals surface area contributed by atoms with Gasteiger partial charge in [0, 0.05) is 0 Å². The first kappa shape index (κ1) is 12.0. The second kappa shape index (κ2) is 7.66. The first-order valence-electron chi connectivity index (χ1n) is 3.94. The topological polar surface area (TPSA) is 0 Å². The average molecular weight is 207 g/mol. The van der Waals surface area contributed by atoms with Gasteiger partial charge in [-0.3, -0.25) is 0 Å². The van der Waals surface area contributed by atoms with E-state index in [1.807, 2.05) is 60.7 Å². The van der Waals surface area contributed by atoms with Gasteiger partial charge in [-0.1, -0.05) is 0 Å². The van der Waals surface area contributed by atoms with Gasteiger partial charge in [0.1, 0.15) is 0 Å². The number of hydrogen-bond donors (Lipinski definition) is 0. The zero-order valence-electron chi connectivity index (χ0n) is 7.43. The molecule has 13 heavy (non-hydrogen) atoms. The normalized spacial score (nSPS) is 7.69. The van der Waals surface area contributed by atoms with Crippen LogP contribution in [0.4, 0.5) is 0 Å². The SMILES string of the molecule is C=Cc1ccc[cH-]1.[V+2].c1cc[cH-]c1. The van der Waals surface area contributed by atoms with Crippen molar-refractivity contribution in [2.75, 3.05) is 0 Å². The molecule has 0 atom stereocenters. The zero-order valence-corrected chi connectivity index (χ0v) is 8.82. The van der Waals surface area contributed by atoms with E-state index in [4.69, 9.17) is 0 Å². The summed E-state index contributed by atoms with van der Waals surface area (Å²) in [5, 5.41) is 0. The van der Waals surface area contributed by atoms with Crippen LogP contribution in [-0.4, -0.2) is 0 Å². The van der Waals surface area contributed by atoms with Crippen LogP contribution in [-0.2, 0) is 18.6 Å². The van der Waals surface area contributed by atoms with E-state index in [1.54, 1.807) is 0 Å². The fourth-order valence-electron chi connectivity index (χ4n) is 0.846. The van der Waals surface area contributed by atoms with Crippen LogP contribution in [0.25, 0.3) is 6.08 Å². The summed E-state index contributed by atoms with van der Waals surface area (Å²) in [7, 11) is 0. The molecule has 0 fully saturated rings. The molecule has 0 saturated carbocycles. The molecule has 0 nitrogen and oxygen atoms in total. The third-order valence-electron chi connectivity index (χ3n) is 1.48. The summed E-state index contributed by atoms with van der Waals surface area (Å²) in [6, 6.07) is 18.0. The monoisotopic (exact) mass is 207 g/mol. The van der Waals surface area contributed by atoms with Gasteiger partial charge in [0.05, 0.1) is 0 Å². The predicted octanol–water partition coefficient (Wildman–Crippen LogP) is 3.45. The van der Waals surface area contributed by atoms with E-state index in [9.17, 15) is 0 Å². The molecular weight excluding hydrogens is 195 g/mol. The van der Waals surface area contributed by atoms with Crippen molar-refractivity contribution in [2.45, 2.75) is 0 Å². The molecule has 0 bridgehead atoms. The summed E-state index contributed by atoms with van der Waals surface area (Å²) < 4.78 is 0. The van der Waals surface area contributed by atoms with Gasteiger partial charge < -0.3 is 0 Å². The molecule has 2 aromatic rings. The third kappa shape index (κ3) is 5.29. The van der Waals surface area contributed by atoms with Crippen molar-refractivity contribution in [1.29, 1.82) is 0 Å². The zero-order chi connectivity index (χ0) is 8.65. The fraction of sp³-hybridized carbons (Fsp3) is 0. The van der Waals surface area contributed by atoms with E-state index in [2.05, 4.69) is 6.58 Å². The van der Waals surface area contributed by atoms with E-state index in [1.165, 1.54) is 5.56 Å². The summed E-state index contributed by atoms with van der Waals surface area (Å²) in [6.45, 7) is 3.60. The molecule has 1 radical (unpaired) electrons. The fourth-order valence-corrected chi connectivity index (χ4v) is 0.846. The first-order valence-corrected chi connectivity index (χ1v) is 3.94. The van der Waals surface area contributed by atoms with Crippen LogP contribution in [0, 0.1) is 0 Å². The predicted molar refractivity (Wildman–Crippen MR) is 54.2 cm³/mol. The Morgan fingerprint density at radius 1 is 1.08 bits per heavy atom. The van der Waals surface area contributed by atoms with E-state index in [0.29, 0.717) is 0 Å². The van der Waals surface area contributed by atoms with Crippen molar-refractivity contribution in [3.63, 3.8) is 0 Å². The first-order chi connectivity index (χ1) is 5.93. The molecule has 2 aromatic carbocycles. The van der Waals surface area contributed by atoms with Crippen molar-refractivity contribution in [1.82, 2.24) is 0 Å². The molecule has 0 N–H and O–H groups in total. The molecule has 2 rings (SSSR count). The Bertz CT molecular complexity index is 260. The average Bonchev–Trinajstić information content (AvgIpc) is 2.81. The Kier molecular flexibility index (Phi) is 7.09. The van der Waals surface area contributed by atoms with Gasteiger partial charge in [0.2, 0.25) is 0 Å². The van der Waals surface area contributed by atoms with Crippen LogP contribution in [0.2, 0.25) is 0 Å². The Balaban J connectivity index is 0.000000215. The van der Waals surface area contributed by atoms with Gasteiger partial charge in [-0.05, 0) is 0 Å². The van der Waals surface area contributed by atoms with Crippen LogP contribution in [0.1, 0.15) is 5.56 Å². The van der Waals surface area contributed by atoms with E-state index in [0.717, 1.165) is 0 Å². The minimum atomic E-state index is 0. The minimum Gasteiger partial charge on any atom is -0.214 e. The maximum Gasteiger partial charge on any atom is 2.00 e. The minimum absolute atomic E-state index is 0. The molecular formula is C12H12V. The van der Waals surface area contributed by atoms with E-state index in [-0.39, 0.29) is 18.6 Å². The van der Waals surface area contributed by atoms with Crippen LogP contribution in [0.5, 0.6) is 0 Å². The molecule has 0 aliphatic carbocycles. The second-order valence-corrected chi connectivity index (χ2v) is 2.38. The van der Waals surface area contributed by atoms with Crippen molar-refractivity contribution in [2.24, 2.45) is 0 Å². The van der Waals surface area contributed by atoms with Gasteiger partial charge in [0.25, 0.3) is 0 Å². The van der Waals surface area contributed by atoms with Crippen LogP contribution < -0.4 is 0 Å². The summed E-state index contributed by atoms with van der Waals surface area (Å²) in [4.78, 5) is 0. The molecule has 0 aromatic heterocycles. The second-order valence-electron chi connectivity index (χ2n) is 2.38. The third-order valence-corrected chi connectivity index (χ3v) is 1.48. The van der Waals surface area contributed by atoms with Crippen LogP contribution in [0.15, 0.2) is 61.2 Å². The molecule has 0 aliphatic rings. The molecule has 0 aliphatic heterocycles. The Hall–Kier alpha value is -0.976. The van der Waals surface area contributed by atoms with Gasteiger partial charge in [0.15, 0.2) is 0 Å². The Morgan fingerprint density at radius 2 is 1.77 bits per heavy atom. The van der Waals surface area contributed by atoms with Gasteiger partial charge >= 0.3 is 18.6 Å². The molecule has 0 amide bonds. The van der Waals surface area contributed by atoms with Crippen LogP contribution in [0.3, 0.4) is 0 Å². The van der Waals surface area contributed by atoms with E-state index >= 15 is 0 Å². The van der Waals surface area contributed by atoms with Crippen molar-refractivity contribution in [3.05, 3.63) is 66.7 Å². The summed E-state index contributed by atoms with van der Waals surface area (Å²) in [6.07, 6.45) is 1.83. The largest absolute Gasteiger partial charge is 2.00 e. The van der Waals surface area contributed by atoms with E-state index < -0.39 is 0 Å². The summed E-state index contributed by atoms with van der Waals surface area (Å²) >= 11 is 0. The molecule has 0 saturated heterocycles. The van der Waals surface area contributed by atoms with Gasteiger partial charge in [-0.25, -0.2) is 12.1 Å². The molecule has 65 valence electrons. The Labute approximate surface area is 91.5 Å². The van der Waals surface area contributed by atoms with Crippen LogP contribution >= 0.6 is 0 Å². The smallest absolute Gasteiger partial charge is 0.214 e. The quantitative estimate of drug-likeness (QED) is 0.628. The summed E-state index contributed by atoms with van der Waals surface area (Å²) in [5.74, 6) is 0. The number of hydrogen-bond acceptors (Lipinski definition) is 0. The summed E-state index contributed by atoms with van der Waals surface area (Å²) in [5.41, 5.74) is 1.19. The standard InChI is InChI=1S/C7H7.C5H5.V/c1-2-7-5-3-4-6-7;1-2-4-5-3-1;/h2-6H,1H2;1-5H;/q2*-1;+2. The Morgan fingerprint density at radius 3 is 2.00 bits per heavy atom. The molecule has 0 heterocycles. The molecule has 1 heteroatoms. The maximum atomic E-state index is 3.60. The van der Waals surface area contributed by atoms with Crippen molar-refractivity contribution in [3.8, 4) is 0 Å². The van der Waals surface area contributed by atoms with Crippen molar-refractivity contribution >= 4 is 6.08 Å². The van der Waals surface area contributed by atoms with Crippen molar-refractivity contribution < 1.29 is 18.6 Å². The van der Waals surface area contributed by atoms with Gasteiger partial charge in [-0.2, -0.15) is 42.0 Å².